The number of halogens is 3. The van der Waals surface area contributed by atoms with E-state index in [4.69, 9.17) is 47.1 Å². The number of ether oxygens (including phenoxy) is 1. The maximum Gasteiger partial charge on any atom is 0.338 e. The third kappa shape index (κ3) is 3.62. The van der Waals surface area contributed by atoms with Crippen LogP contribution in [0.5, 0.6) is 0 Å². The summed E-state index contributed by atoms with van der Waals surface area (Å²) < 4.78 is 2.57. The highest BCUT2D eigenvalue weighted by Crippen LogP contribution is 2.33. The third-order valence-corrected chi connectivity index (χ3v) is 1.75. The van der Waals surface area contributed by atoms with Gasteiger partial charge in [0.25, 0.3) is 5.70 Å². The molecule has 0 saturated heterocycles. The van der Waals surface area contributed by atoms with Gasteiger partial charge in [0.1, 0.15) is 0 Å². The van der Waals surface area contributed by atoms with Crippen LogP contribution in [0.4, 0.5) is 0 Å². The number of hydrogen-bond acceptors (Lipinski definition) is 3. The number of allylic oxidation sites excluding steroid dienone is 1. The average molecular weight is 258 g/mol. The number of nitrogens with zero attached hydrogens (tertiary/aromatic N) is 1. The summed E-state index contributed by atoms with van der Waals surface area (Å²) in [6.45, 7) is 8.39. The first-order chi connectivity index (χ1) is 6.34. The number of nitrogens with two attached hydrogens (primary N) is 1. The van der Waals surface area contributed by atoms with E-state index in [1.54, 1.807) is 6.92 Å². The smallest absolute Gasteiger partial charge is 0.338 e. The van der Waals surface area contributed by atoms with Crippen molar-refractivity contribution in [2.75, 3.05) is 6.61 Å². The normalized spacial score (nSPS) is 12.8. The van der Waals surface area contributed by atoms with E-state index >= 15 is 0 Å². The zero-order chi connectivity index (χ0) is 11.4. The van der Waals surface area contributed by atoms with Gasteiger partial charge >= 0.3 is 5.97 Å². The molecule has 0 aliphatic carbocycles. The highest BCUT2D eigenvalue weighted by atomic mass is 35.6. The van der Waals surface area contributed by atoms with Crippen molar-refractivity contribution in [3.63, 3.8) is 0 Å². The van der Waals surface area contributed by atoms with Gasteiger partial charge < -0.3 is 10.5 Å². The summed E-state index contributed by atoms with van der Waals surface area (Å²) in [7, 11) is 0. The average Bonchev–Trinajstić information content (AvgIpc) is 2.04. The summed E-state index contributed by atoms with van der Waals surface area (Å²) >= 11 is 16.2. The Bertz CT molecular complexity index is 301. The van der Waals surface area contributed by atoms with Gasteiger partial charge in [-0.3, -0.25) is 4.79 Å². The van der Waals surface area contributed by atoms with Crippen molar-refractivity contribution in [3.8, 4) is 0 Å². The molecule has 0 aromatic carbocycles. The van der Waals surface area contributed by atoms with Crippen LogP contribution in [0.1, 0.15) is 6.92 Å². The Morgan fingerprint density at radius 1 is 1.57 bits per heavy atom. The molecule has 2 N–H and O–H groups in total. The van der Waals surface area contributed by atoms with Crippen molar-refractivity contribution in [1.82, 2.24) is 0 Å². The minimum atomic E-state index is -1.98. The molecule has 0 aliphatic rings. The van der Waals surface area contributed by atoms with Crippen molar-refractivity contribution in [2.45, 2.75) is 10.7 Å². The second-order valence-corrected chi connectivity index (χ2v) is 4.37. The SMILES string of the molecule is [C-]#[N+]C(C(=O)OCC)=C(N)C(Cl)(Cl)Cl. The van der Waals surface area contributed by atoms with Gasteiger partial charge in [0, 0.05) is 0 Å². The number of esters is 1. The molecule has 0 aromatic heterocycles. The van der Waals surface area contributed by atoms with Gasteiger partial charge in [-0.1, -0.05) is 34.8 Å². The van der Waals surface area contributed by atoms with E-state index in [2.05, 4.69) is 9.58 Å². The van der Waals surface area contributed by atoms with Crippen LogP contribution in [0.3, 0.4) is 0 Å². The number of hydrogen-bond donors (Lipinski definition) is 1. The Hall–Kier alpha value is -0.630. The van der Waals surface area contributed by atoms with Gasteiger partial charge in [0.05, 0.1) is 18.9 Å². The lowest BCUT2D eigenvalue weighted by atomic mass is 10.3. The van der Waals surface area contributed by atoms with E-state index in [9.17, 15) is 4.79 Å². The van der Waals surface area contributed by atoms with Crippen molar-refractivity contribution < 1.29 is 9.53 Å². The molecular formula is C7H7Cl3N2O2. The Morgan fingerprint density at radius 3 is 2.36 bits per heavy atom. The fourth-order valence-corrected chi connectivity index (χ4v) is 0.818. The molecular weight excluding hydrogens is 250 g/mol. The van der Waals surface area contributed by atoms with Gasteiger partial charge in [0.2, 0.25) is 3.79 Å². The lowest BCUT2D eigenvalue weighted by Gasteiger charge is -2.12. The fourth-order valence-electron chi connectivity index (χ4n) is 0.550. The Kier molecular flexibility index (Phi) is 5.06. The largest absolute Gasteiger partial charge is 0.471 e. The van der Waals surface area contributed by atoms with Crippen LogP contribution in [0.15, 0.2) is 11.4 Å². The van der Waals surface area contributed by atoms with Gasteiger partial charge in [-0.25, -0.2) is 4.85 Å². The zero-order valence-corrected chi connectivity index (χ0v) is 9.45. The summed E-state index contributed by atoms with van der Waals surface area (Å²) in [5.74, 6) is -0.897. The predicted molar refractivity (Wildman–Crippen MR) is 54.7 cm³/mol. The maximum absolute atomic E-state index is 11.1. The Labute approximate surface area is 96.4 Å². The van der Waals surface area contributed by atoms with Crippen LogP contribution in [0.2, 0.25) is 0 Å². The maximum atomic E-state index is 11.1. The van der Waals surface area contributed by atoms with Crippen LogP contribution in [0.25, 0.3) is 4.85 Å². The number of alkyl halides is 3. The molecule has 0 saturated carbocycles. The van der Waals surface area contributed by atoms with Gasteiger partial charge in [0.15, 0.2) is 0 Å². The topological polar surface area (TPSA) is 56.7 Å². The molecule has 0 bridgehead atoms. The van der Waals surface area contributed by atoms with E-state index in [0.717, 1.165) is 0 Å². The highest BCUT2D eigenvalue weighted by Gasteiger charge is 2.30. The molecule has 0 aromatic rings. The van der Waals surface area contributed by atoms with Crippen molar-refractivity contribution in [1.29, 1.82) is 0 Å². The highest BCUT2D eigenvalue weighted by molar-refractivity contribution is 6.69. The lowest BCUT2D eigenvalue weighted by molar-refractivity contribution is -0.138. The van der Waals surface area contributed by atoms with E-state index < -0.39 is 21.2 Å². The second kappa shape index (κ2) is 5.30. The molecule has 0 atom stereocenters. The van der Waals surface area contributed by atoms with Crippen molar-refractivity contribution in [2.24, 2.45) is 5.73 Å². The Balaban J connectivity index is 5.08. The van der Waals surface area contributed by atoms with E-state index in [1.807, 2.05) is 0 Å². The molecule has 0 aliphatic heterocycles. The molecule has 14 heavy (non-hydrogen) atoms. The fraction of sp³-hybridized carbons (Fsp3) is 0.429. The summed E-state index contributed by atoms with van der Waals surface area (Å²) in [6.07, 6.45) is 0. The molecule has 0 radical (unpaired) electrons. The molecule has 0 rings (SSSR count). The van der Waals surface area contributed by atoms with Gasteiger partial charge in [-0.2, -0.15) is 0 Å². The summed E-state index contributed by atoms with van der Waals surface area (Å²) in [5.41, 5.74) is 4.36. The predicted octanol–water partition coefficient (Wildman–Crippen LogP) is 2.01. The third-order valence-electron chi connectivity index (χ3n) is 1.14. The van der Waals surface area contributed by atoms with E-state index in [1.165, 1.54) is 0 Å². The van der Waals surface area contributed by atoms with Crippen LogP contribution in [0, 0.1) is 6.57 Å². The van der Waals surface area contributed by atoms with Gasteiger partial charge in [-0.05, 0) is 6.92 Å². The standard InChI is InChI=1S/C7H7Cl3N2O2/c1-3-14-6(13)4(12-2)5(11)7(8,9)10/h3,11H2,1H3. The second-order valence-electron chi connectivity index (χ2n) is 2.09. The molecule has 0 amide bonds. The first-order valence-electron chi connectivity index (χ1n) is 3.46. The molecule has 78 valence electrons. The number of carbonyl (C=O) groups excluding carboxylic acids is 1. The molecule has 0 unspecified atom stereocenters. The first-order valence-corrected chi connectivity index (χ1v) is 4.59. The molecule has 0 fully saturated rings. The number of carbonyl (C=O) groups is 1. The van der Waals surface area contributed by atoms with Crippen LogP contribution >= 0.6 is 34.8 Å². The lowest BCUT2D eigenvalue weighted by Crippen LogP contribution is -2.21. The molecule has 0 heterocycles. The minimum absolute atomic E-state index is 0.116. The first kappa shape index (κ1) is 13.4. The molecule has 7 heteroatoms. The van der Waals surface area contributed by atoms with E-state index in [0.29, 0.717) is 0 Å². The number of rotatable bonds is 2. The van der Waals surface area contributed by atoms with Crippen molar-refractivity contribution >= 4 is 40.8 Å². The van der Waals surface area contributed by atoms with Gasteiger partial charge in [-0.15, -0.1) is 0 Å². The molecule has 0 spiro atoms. The quantitative estimate of drug-likeness (QED) is 0.356. The Morgan fingerprint density at radius 2 is 2.07 bits per heavy atom. The summed E-state index contributed by atoms with van der Waals surface area (Å²) in [4.78, 5) is 14.0. The minimum Gasteiger partial charge on any atom is -0.471 e. The summed E-state index contributed by atoms with van der Waals surface area (Å²) in [6, 6.07) is 0. The van der Waals surface area contributed by atoms with E-state index in [-0.39, 0.29) is 6.61 Å². The van der Waals surface area contributed by atoms with Crippen LogP contribution in [-0.4, -0.2) is 16.4 Å². The monoisotopic (exact) mass is 256 g/mol. The molecule has 4 nitrogen and oxygen atoms in total. The zero-order valence-electron chi connectivity index (χ0n) is 7.18. The van der Waals surface area contributed by atoms with Crippen LogP contribution < -0.4 is 5.73 Å². The summed E-state index contributed by atoms with van der Waals surface area (Å²) in [5, 5.41) is 0. The van der Waals surface area contributed by atoms with Crippen LogP contribution in [-0.2, 0) is 9.53 Å². The van der Waals surface area contributed by atoms with Crippen molar-refractivity contribution in [3.05, 3.63) is 22.8 Å².